The molecule has 43 heavy (non-hydrogen) atoms. The van der Waals surface area contributed by atoms with Crippen molar-refractivity contribution in [1.29, 1.82) is 0 Å². The van der Waals surface area contributed by atoms with Crippen LogP contribution in [0.25, 0.3) is 0 Å². The van der Waals surface area contributed by atoms with E-state index in [2.05, 4.69) is 21.2 Å². The van der Waals surface area contributed by atoms with Gasteiger partial charge in [-0.1, -0.05) is 102 Å². The second kappa shape index (κ2) is 15.0. The van der Waals surface area contributed by atoms with Gasteiger partial charge in [0, 0.05) is 24.0 Å². The molecule has 0 aliphatic heterocycles. The molecule has 7 nitrogen and oxygen atoms in total. The number of hydrogen-bond acceptors (Lipinski definition) is 4. The molecule has 0 fully saturated rings. The van der Waals surface area contributed by atoms with Crippen molar-refractivity contribution in [3.8, 4) is 0 Å². The lowest BCUT2D eigenvalue weighted by Gasteiger charge is -2.34. The van der Waals surface area contributed by atoms with Crippen LogP contribution < -0.4 is 9.62 Å². The first kappa shape index (κ1) is 32.0. The summed E-state index contributed by atoms with van der Waals surface area (Å²) in [6, 6.07) is 31.2. The number of carbonyl (C=O) groups excluding carboxylic acids is 2. The molecule has 0 unspecified atom stereocenters. The smallest absolute Gasteiger partial charge is 0.264 e. The predicted molar refractivity (Wildman–Crippen MR) is 174 cm³/mol. The van der Waals surface area contributed by atoms with Crippen molar-refractivity contribution in [2.75, 3.05) is 17.4 Å². The fraction of sp³-hybridized carbons (Fsp3) is 0.235. The van der Waals surface area contributed by atoms with Gasteiger partial charge < -0.3 is 10.2 Å². The first-order valence-corrected chi connectivity index (χ1v) is 16.4. The summed E-state index contributed by atoms with van der Waals surface area (Å²) in [6.45, 7) is 4.03. The largest absolute Gasteiger partial charge is 0.354 e. The maximum Gasteiger partial charge on any atom is 0.264 e. The van der Waals surface area contributed by atoms with Gasteiger partial charge in [0.15, 0.2) is 0 Å². The van der Waals surface area contributed by atoms with Crippen molar-refractivity contribution in [1.82, 2.24) is 10.2 Å². The van der Waals surface area contributed by atoms with Gasteiger partial charge in [-0.2, -0.15) is 0 Å². The van der Waals surface area contributed by atoms with E-state index in [-0.39, 0.29) is 23.8 Å². The third-order valence-electron chi connectivity index (χ3n) is 7.13. The van der Waals surface area contributed by atoms with Gasteiger partial charge in [0.25, 0.3) is 10.0 Å². The van der Waals surface area contributed by atoms with E-state index in [1.165, 1.54) is 17.0 Å². The summed E-state index contributed by atoms with van der Waals surface area (Å²) in [5.74, 6) is -0.775. The SMILES string of the molecule is CCCNC(=O)[C@@H](Cc1ccccc1)N(Cc1ccccc1C)C(=O)CN(c1cccc(Br)c1)S(=O)(=O)c1ccccc1. The number of anilines is 1. The number of halogens is 1. The number of sulfonamides is 1. The van der Waals surface area contributed by atoms with Crippen LogP contribution in [0.4, 0.5) is 5.69 Å². The quantitative estimate of drug-likeness (QED) is 0.187. The van der Waals surface area contributed by atoms with Gasteiger partial charge in [-0.25, -0.2) is 8.42 Å². The highest BCUT2D eigenvalue weighted by Gasteiger charge is 2.34. The minimum Gasteiger partial charge on any atom is -0.354 e. The van der Waals surface area contributed by atoms with Crippen molar-refractivity contribution in [2.24, 2.45) is 0 Å². The Bertz CT molecular complexity index is 1630. The van der Waals surface area contributed by atoms with E-state index >= 15 is 0 Å². The molecular formula is C34H36BrN3O4S. The van der Waals surface area contributed by atoms with Gasteiger partial charge in [-0.15, -0.1) is 0 Å². The maximum atomic E-state index is 14.4. The fourth-order valence-electron chi connectivity index (χ4n) is 4.77. The van der Waals surface area contributed by atoms with Crippen LogP contribution in [0.3, 0.4) is 0 Å². The molecule has 0 aliphatic carbocycles. The van der Waals surface area contributed by atoms with Gasteiger partial charge in [0.2, 0.25) is 11.8 Å². The molecule has 0 heterocycles. The van der Waals surface area contributed by atoms with E-state index in [0.29, 0.717) is 16.7 Å². The van der Waals surface area contributed by atoms with Gasteiger partial charge in [0.1, 0.15) is 12.6 Å². The molecule has 0 spiro atoms. The Hall–Kier alpha value is -3.95. The number of nitrogens with zero attached hydrogens (tertiary/aromatic N) is 2. The van der Waals surface area contributed by atoms with Gasteiger partial charge >= 0.3 is 0 Å². The van der Waals surface area contributed by atoms with Crippen molar-refractivity contribution in [3.05, 3.63) is 130 Å². The zero-order valence-electron chi connectivity index (χ0n) is 24.3. The number of benzene rings is 4. The molecule has 0 bridgehead atoms. The average molecular weight is 663 g/mol. The lowest BCUT2D eigenvalue weighted by Crippen LogP contribution is -2.53. The summed E-state index contributed by atoms with van der Waals surface area (Å²) in [7, 11) is -4.14. The van der Waals surface area contributed by atoms with Crippen LogP contribution in [0.2, 0.25) is 0 Å². The van der Waals surface area contributed by atoms with Crippen LogP contribution in [0.1, 0.15) is 30.0 Å². The van der Waals surface area contributed by atoms with E-state index in [1.807, 2.05) is 68.4 Å². The summed E-state index contributed by atoms with van der Waals surface area (Å²) in [5, 5.41) is 2.97. The summed E-state index contributed by atoms with van der Waals surface area (Å²) in [5.41, 5.74) is 3.06. The topological polar surface area (TPSA) is 86.8 Å². The molecule has 4 aromatic carbocycles. The maximum absolute atomic E-state index is 14.4. The van der Waals surface area contributed by atoms with Gasteiger partial charge in [0.05, 0.1) is 10.6 Å². The monoisotopic (exact) mass is 661 g/mol. The highest BCUT2D eigenvalue weighted by molar-refractivity contribution is 9.10. The summed E-state index contributed by atoms with van der Waals surface area (Å²) < 4.78 is 29.8. The standard InChI is InChI=1S/C34H36BrN3O4S/c1-3-21-36-34(40)32(22-27-14-6-4-7-15-27)37(24-28-16-11-10-13-26(28)2)33(39)25-38(30-18-12-17-29(35)23-30)43(41,42)31-19-8-5-9-20-31/h4-20,23,32H,3,21-22,24-25H2,1-2H3,(H,36,40)/t32-/m1/s1. The number of hydrogen-bond donors (Lipinski definition) is 1. The molecule has 0 saturated carbocycles. The molecule has 0 aromatic heterocycles. The highest BCUT2D eigenvalue weighted by atomic mass is 79.9. The number of nitrogens with one attached hydrogen (secondary N) is 1. The molecule has 9 heteroatoms. The number of amides is 2. The minimum atomic E-state index is -4.14. The Labute approximate surface area is 262 Å². The summed E-state index contributed by atoms with van der Waals surface area (Å²) >= 11 is 3.43. The third-order valence-corrected chi connectivity index (χ3v) is 9.41. The Morgan fingerprint density at radius 1 is 0.860 bits per heavy atom. The molecular weight excluding hydrogens is 626 g/mol. The van der Waals surface area contributed by atoms with Crippen molar-refractivity contribution in [3.63, 3.8) is 0 Å². The van der Waals surface area contributed by atoms with Crippen LogP contribution in [0.15, 0.2) is 119 Å². The lowest BCUT2D eigenvalue weighted by atomic mass is 10.0. The first-order chi connectivity index (χ1) is 20.7. The second-order valence-electron chi connectivity index (χ2n) is 10.2. The molecule has 0 aliphatic rings. The van der Waals surface area contributed by atoms with E-state index in [9.17, 15) is 18.0 Å². The van der Waals surface area contributed by atoms with Crippen LogP contribution in [0.5, 0.6) is 0 Å². The van der Waals surface area contributed by atoms with Crippen LogP contribution in [-0.4, -0.2) is 44.3 Å². The Morgan fingerprint density at radius 2 is 1.51 bits per heavy atom. The van der Waals surface area contributed by atoms with E-state index in [1.54, 1.807) is 42.5 Å². The first-order valence-electron chi connectivity index (χ1n) is 14.2. The average Bonchev–Trinajstić information content (AvgIpc) is 3.02. The molecule has 4 rings (SSSR count). The van der Waals surface area contributed by atoms with Gasteiger partial charge in [-0.3, -0.25) is 13.9 Å². The molecule has 224 valence electrons. The Kier molecular flexibility index (Phi) is 11.1. The van der Waals surface area contributed by atoms with Crippen molar-refractivity contribution >= 4 is 43.5 Å². The van der Waals surface area contributed by atoms with Crippen molar-refractivity contribution in [2.45, 2.75) is 44.2 Å². The molecule has 1 atom stereocenters. The Balaban J connectivity index is 1.80. The van der Waals surface area contributed by atoms with Gasteiger partial charge in [-0.05, 0) is 60.4 Å². The van der Waals surface area contributed by atoms with E-state index in [4.69, 9.17) is 0 Å². The van der Waals surface area contributed by atoms with Crippen LogP contribution in [-0.2, 0) is 32.6 Å². The molecule has 4 aromatic rings. The normalized spacial score (nSPS) is 11.9. The Morgan fingerprint density at radius 3 is 2.16 bits per heavy atom. The second-order valence-corrected chi connectivity index (χ2v) is 13.0. The zero-order valence-corrected chi connectivity index (χ0v) is 26.7. The molecule has 0 saturated heterocycles. The third kappa shape index (κ3) is 8.33. The van der Waals surface area contributed by atoms with Crippen molar-refractivity contribution < 1.29 is 18.0 Å². The number of aryl methyl sites for hydroxylation is 1. The summed E-state index contributed by atoms with van der Waals surface area (Å²) in [6.07, 6.45) is 1.01. The lowest BCUT2D eigenvalue weighted by molar-refractivity contribution is -0.140. The summed E-state index contributed by atoms with van der Waals surface area (Å²) in [4.78, 5) is 29.7. The number of carbonyl (C=O) groups is 2. The highest BCUT2D eigenvalue weighted by Crippen LogP contribution is 2.27. The zero-order chi connectivity index (χ0) is 30.8. The predicted octanol–water partition coefficient (Wildman–Crippen LogP) is 6.12. The van der Waals surface area contributed by atoms with Crippen LogP contribution in [0, 0.1) is 6.92 Å². The fourth-order valence-corrected chi connectivity index (χ4v) is 6.58. The molecule has 0 radical (unpaired) electrons. The molecule has 2 amide bonds. The van der Waals surface area contributed by atoms with E-state index in [0.717, 1.165) is 27.4 Å². The van der Waals surface area contributed by atoms with Crippen LogP contribution >= 0.6 is 15.9 Å². The minimum absolute atomic E-state index is 0.0646. The molecule has 1 N–H and O–H groups in total. The number of rotatable bonds is 13. The van der Waals surface area contributed by atoms with E-state index < -0.39 is 28.5 Å².